The highest BCUT2D eigenvalue weighted by Gasteiger charge is 2.49. The standard InChI is InChI=1S/C18H24O/c1-10-7-16(19)13-9-15-14(8-12(10)13)17(3,4)11(2)18(15,5)6/h8-11H,7H2,1-6H3/t10-,11-/m1/s1. The summed E-state index contributed by atoms with van der Waals surface area (Å²) in [6.07, 6.45) is 0.689. The molecule has 2 atom stereocenters. The zero-order valence-corrected chi connectivity index (χ0v) is 12.9. The molecule has 0 fully saturated rings. The summed E-state index contributed by atoms with van der Waals surface area (Å²) in [5, 5.41) is 0. The zero-order chi connectivity index (χ0) is 14.2. The summed E-state index contributed by atoms with van der Waals surface area (Å²) in [6.45, 7) is 13.8. The number of carbonyl (C=O) groups excluding carboxylic acids is 1. The van der Waals surface area contributed by atoms with Crippen LogP contribution in [0.25, 0.3) is 0 Å². The summed E-state index contributed by atoms with van der Waals surface area (Å²) < 4.78 is 0. The van der Waals surface area contributed by atoms with Crippen LogP contribution in [0.4, 0.5) is 0 Å². The van der Waals surface area contributed by atoms with Crippen molar-refractivity contribution >= 4 is 5.78 Å². The minimum atomic E-state index is 0.153. The van der Waals surface area contributed by atoms with E-state index in [2.05, 4.69) is 53.7 Å². The summed E-state index contributed by atoms with van der Waals surface area (Å²) in [5.41, 5.74) is 5.47. The topological polar surface area (TPSA) is 17.1 Å². The van der Waals surface area contributed by atoms with Gasteiger partial charge in [-0.15, -0.1) is 0 Å². The summed E-state index contributed by atoms with van der Waals surface area (Å²) in [5.74, 6) is 1.31. The molecule has 0 aliphatic heterocycles. The van der Waals surface area contributed by atoms with Gasteiger partial charge in [-0.1, -0.05) is 47.6 Å². The third kappa shape index (κ3) is 1.45. The molecule has 0 radical (unpaired) electrons. The largest absolute Gasteiger partial charge is 0.294 e. The second-order valence-corrected chi connectivity index (χ2v) is 7.68. The third-order valence-electron chi connectivity index (χ3n) is 6.07. The minimum absolute atomic E-state index is 0.153. The maximum absolute atomic E-state index is 12.1. The predicted molar refractivity (Wildman–Crippen MR) is 79.0 cm³/mol. The van der Waals surface area contributed by atoms with Gasteiger partial charge in [-0.05, 0) is 45.4 Å². The Morgan fingerprint density at radius 1 is 1.00 bits per heavy atom. The van der Waals surface area contributed by atoms with Crippen LogP contribution in [0, 0.1) is 5.92 Å². The van der Waals surface area contributed by atoms with E-state index in [0.29, 0.717) is 24.0 Å². The molecule has 0 N–H and O–H groups in total. The molecule has 0 spiro atoms. The van der Waals surface area contributed by atoms with Crippen LogP contribution in [-0.2, 0) is 10.8 Å². The van der Waals surface area contributed by atoms with Crippen molar-refractivity contribution in [2.45, 2.75) is 64.7 Å². The van der Waals surface area contributed by atoms with Crippen molar-refractivity contribution in [3.63, 3.8) is 0 Å². The molecule has 0 unspecified atom stereocenters. The molecule has 3 rings (SSSR count). The highest BCUT2D eigenvalue weighted by atomic mass is 16.1. The monoisotopic (exact) mass is 256 g/mol. The number of ketones is 1. The van der Waals surface area contributed by atoms with Crippen molar-refractivity contribution in [1.82, 2.24) is 0 Å². The highest BCUT2D eigenvalue weighted by molar-refractivity contribution is 6.01. The van der Waals surface area contributed by atoms with Crippen molar-refractivity contribution in [3.8, 4) is 0 Å². The Hall–Kier alpha value is -1.11. The number of Topliss-reactive ketones (excluding diaryl/α,β-unsaturated/α-hetero) is 1. The highest BCUT2D eigenvalue weighted by Crippen LogP contribution is 2.55. The lowest BCUT2D eigenvalue weighted by molar-refractivity contribution is 0.0990. The summed E-state index contributed by atoms with van der Waals surface area (Å²) >= 11 is 0. The third-order valence-corrected chi connectivity index (χ3v) is 6.07. The predicted octanol–water partition coefficient (Wildman–Crippen LogP) is 4.58. The van der Waals surface area contributed by atoms with Gasteiger partial charge in [-0.2, -0.15) is 0 Å². The molecule has 19 heavy (non-hydrogen) atoms. The Labute approximate surface area is 116 Å². The van der Waals surface area contributed by atoms with Crippen LogP contribution in [0.5, 0.6) is 0 Å². The van der Waals surface area contributed by atoms with E-state index in [4.69, 9.17) is 0 Å². The molecule has 0 bridgehead atoms. The van der Waals surface area contributed by atoms with Crippen LogP contribution in [0.15, 0.2) is 12.1 Å². The smallest absolute Gasteiger partial charge is 0.163 e. The normalized spacial score (nSPS) is 30.3. The molecule has 2 aliphatic carbocycles. The first-order valence-electron chi connectivity index (χ1n) is 7.39. The van der Waals surface area contributed by atoms with E-state index in [1.165, 1.54) is 16.7 Å². The maximum atomic E-state index is 12.1. The molecule has 0 aromatic heterocycles. The average molecular weight is 256 g/mol. The first-order chi connectivity index (χ1) is 8.67. The van der Waals surface area contributed by atoms with E-state index in [-0.39, 0.29) is 10.8 Å². The van der Waals surface area contributed by atoms with Gasteiger partial charge in [0.25, 0.3) is 0 Å². The average Bonchev–Trinajstić information content (AvgIpc) is 2.67. The second-order valence-electron chi connectivity index (χ2n) is 7.68. The van der Waals surface area contributed by atoms with Gasteiger partial charge in [0.2, 0.25) is 0 Å². The van der Waals surface area contributed by atoms with Crippen molar-refractivity contribution in [2.24, 2.45) is 5.92 Å². The number of carbonyl (C=O) groups is 1. The van der Waals surface area contributed by atoms with Crippen molar-refractivity contribution in [3.05, 3.63) is 34.4 Å². The quantitative estimate of drug-likeness (QED) is 0.664. The first kappa shape index (κ1) is 12.9. The summed E-state index contributed by atoms with van der Waals surface area (Å²) in [7, 11) is 0. The fourth-order valence-electron chi connectivity index (χ4n) is 4.20. The molecule has 1 aromatic carbocycles. The van der Waals surface area contributed by atoms with Gasteiger partial charge in [-0.25, -0.2) is 0 Å². The van der Waals surface area contributed by atoms with E-state index < -0.39 is 0 Å². The van der Waals surface area contributed by atoms with Crippen LogP contribution >= 0.6 is 0 Å². The fraction of sp³-hybridized carbons (Fsp3) is 0.611. The van der Waals surface area contributed by atoms with E-state index in [1.54, 1.807) is 0 Å². The molecule has 0 saturated carbocycles. The zero-order valence-electron chi connectivity index (χ0n) is 12.9. The van der Waals surface area contributed by atoms with Crippen molar-refractivity contribution < 1.29 is 4.79 Å². The fourth-order valence-corrected chi connectivity index (χ4v) is 4.20. The number of benzene rings is 1. The van der Waals surface area contributed by atoms with Crippen LogP contribution in [0.2, 0.25) is 0 Å². The molecular weight excluding hydrogens is 232 g/mol. The Bertz CT molecular complexity index is 578. The Morgan fingerprint density at radius 3 is 2.11 bits per heavy atom. The molecule has 102 valence electrons. The molecule has 1 heteroatoms. The molecule has 2 aliphatic rings. The molecular formula is C18H24O. The SMILES string of the molecule is C[C@H]1C(C)(C)c2cc3c(cc2C1(C)C)[C@H](C)CC3=O. The van der Waals surface area contributed by atoms with Crippen molar-refractivity contribution in [2.75, 3.05) is 0 Å². The van der Waals surface area contributed by atoms with E-state index in [1.807, 2.05) is 0 Å². The number of rotatable bonds is 0. The molecule has 1 nitrogen and oxygen atoms in total. The molecule has 1 aromatic rings. The first-order valence-corrected chi connectivity index (χ1v) is 7.39. The summed E-state index contributed by atoms with van der Waals surface area (Å²) in [6, 6.07) is 4.55. The lowest BCUT2D eigenvalue weighted by Gasteiger charge is -2.32. The van der Waals surface area contributed by atoms with Crippen LogP contribution in [-0.4, -0.2) is 5.78 Å². The number of fused-ring (bicyclic) bond motifs is 2. The van der Waals surface area contributed by atoms with Crippen LogP contribution in [0.1, 0.15) is 80.9 Å². The Balaban J connectivity index is 2.30. The maximum Gasteiger partial charge on any atom is 0.163 e. The van der Waals surface area contributed by atoms with E-state index in [0.717, 1.165) is 5.56 Å². The van der Waals surface area contributed by atoms with Gasteiger partial charge in [0, 0.05) is 12.0 Å². The number of hydrogen-bond acceptors (Lipinski definition) is 1. The van der Waals surface area contributed by atoms with Gasteiger partial charge in [0.05, 0.1) is 0 Å². The van der Waals surface area contributed by atoms with Crippen LogP contribution in [0.3, 0.4) is 0 Å². The molecule has 0 saturated heterocycles. The van der Waals surface area contributed by atoms with E-state index >= 15 is 0 Å². The van der Waals surface area contributed by atoms with Gasteiger partial charge < -0.3 is 0 Å². The number of hydrogen-bond donors (Lipinski definition) is 0. The molecule has 0 heterocycles. The minimum Gasteiger partial charge on any atom is -0.294 e. The van der Waals surface area contributed by atoms with Crippen molar-refractivity contribution in [1.29, 1.82) is 0 Å². The lowest BCUT2D eigenvalue weighted by atomic mass is 9.71. The van der Waals surface area contributed by atoms with Gasteiger partial charge in [-0.3, -0.25) is 4.79 Å². The Kier molecular flexibility index (Phi) is 2.38. The summed E-state index contributed by atoms with van der Waals surface area (Å²) in [4.78, 5) is 12.1. The molecule has 0 amide bonds. The van der Waals surface area contributed by atoms with E-state index in [9.17, 15) is 4.79 Å². The van der Waals surface area contributed by atoms with Crippen LogP contribution < -0.4 is 0 Å². The van der Waals surface area contributed by atoms with Gasteiger partial charge in [0.1, 0.15) is 0 Å². The second kappa shape index (κ2) is 3.50. The lowest BCUT2D eigenvalue weighted by Crippen LogP contribution is -2.30. The van der Waals surface area contributed by atoms with Gasteiger partial charge in [0.15, 0.2) is 5.78 Å². The van der Waals surface area contributed by atoms with Gasteiger partial charge >= 0.3 is 0 Å². The Morgan fingerprint density at radius 2 is 1.53 bits per heavy atom.